The van der Waals surface area contributed by atoms with Crippen LogP contribution in [0.4, 0.5) is 0 Å². The molecule has 2 heterocycles. The second-order valence-electron chi connectivity index (χ2n) is 4.64. The lowest BCUT2D eigenvalue weighted by Crippen LogP contribution is -2.28. The summed E-state index contributed by atoms with van der Waals surface area (Å²) in [6, 6.07) is 7.65. The molecule has 8 heteroatoms. The first-order chi connectivity index (χ1) is 10.1. The van der Waals surface area contributed by atoms with Crippen LogP contribution >= 0.6 is 0 Å². The highest BCUT2D eigenvalue weighted by Crippen LogP contribution is 2.14. The molecule has 8 nitrogen and oxygen atoms in total. The van der Waals surface area contributed by atoms with Gasteiger partial charge in [-0.1, -0.05) is 12.1 Å². The number of benzene rings is 1. The van der Waals surface area contributed by atoms with E-state index in [0.29, 0.717) is 5.82 Å². The fraction of sp³-hybridized carbons (Fsp3) is 0.231. The second-order valence-corrected chi connectivity index (χ2v) is 4.64. The highest BCUT2D eigenvalue weighted by atomic mass is 16.2. The first-order valence-electron chi connectivity index (χ1n) is 6.45. The lowest BCUT2D eigenvalue weighted by atomic mass is 10.3. The minimum absolute atomic E-state index is 0.168. The number of nitrogens with one attached hydrogen (secondary N) is 3. The molecule has 21 heavy (non-hydrogen) atoms. The largest absolute Gasteiger partial charge is 0.347 e. The summed E-state index contributed by atoms with van der Waals surface area (Å²) in [7, 11) is 0. The average molecular weight is 286 g/mol. The molecule has 0 fully saturated rings. The van der Waals surface area contributed by atoms with Gasteiger partial charge in [-0.3, -0.25) is 9.78 Å². The van der Waals surface area contributed by atoms with E-state index in [2.05, 4.69) is 25.5 Å². The van der Waals surface area contributed by atoms with Crippen LogP contribution in [0.25, 0.3) is 11.0 Å². The summed E-state index contributed by atoms with van der Waals surface area (Å²) in [6.07, 6.45) is 0. The number of H-pyrrole nitrogens is 2. The summed E-state index contributed by atoms with van der Waals surface area (Å²) in [5.74, 6) is 0.991. The van der Waals surface area contributed by atoms with E-state index < -0.39 is 5.69 Å². The van der Waals surface area contributed by atoms with Gasteiger partial charge in [0.05, 0.1) is 17.6 Å². The van der Waals surface area contributed by atoms with Gasteiger partial charge in [-0.25, -0.2) is 14.9 Å². The van der Waals surface area contributed by atoms with Crippen molar-refractivity contribution in [3.05, 3.63) is 46.4 Å². The standard InChI is InChI=1S/C13H14N6O2/c1-8-15-9-4-2-3-5-10(9)19(8)7-12(20)14-6-11-16-13(21)18-17-11/h2-5H,6-7H2,1H3,(H,14,20)(H2,16,17,18,21). The molecule has 3 rings (SSSR count). The Hall–Kier alpha value is -2.90. The number of carbonyl (C=O) groups excluding carboxylic acids is 1. The number of imidazole rings is 1. The van der Waals surface area contributed by atoms with Crippen LogP contribution in [-0.4, -0.2) is 30.6 Å². The Balaban J connectivity index is 1.71. The zero-order valence-electron chi connectivity index (χ0n) is 11.4. The van der Waals surface area contributed by atoms with E-state index >= 15 is 0 Å². The summed E-state index contributed by atoms with van der Waals surface area (Å²) in [6.45, 7) is 2.20. The third kappa shape index (κ3) is 2.69. The number of hydrogen-bond acceptors (Lipinski definition) is 4. The fourth-order valence-corrected chi connectivity index (χ4v) is 2.17. The lowest BCUT2D eigenvalue weighted by molar-refractivity contribution is -0.121. The third-order valence-electron chi connectivity index (χ3n) is 3.15. The Morgan fingerprint density at radius 2 is 2.19 bits per heavy atom. The molecule has 0 saturated heterocycles. The van der Waals surface area contributed by atoms with E-state index in [-0.39, 0.29) is 19.0 Å². The van der Waals surface area contributed by atoms with Gasteiger partial charge in [0.1, 0.15) is 18.2 Å². The summed E-state index contributed by atoms with van der Waals surface area (Å²) < 4.78 is 1.85. The van der Waals surface area contributed by atoms with Crippen LogP contribution in [0.3, 0.4) is 0 Å². The van der Waals surface area contributed by atoms with Gasteiger partial charge in [0, 0.05) is 0 Å². The number of fused-ring (bicyclic) bond motifs is 1. The highest BCUT2D eigenvalue weighted by Gasteiger charge is 2.10. The van der Waals surface area contributed by atoms with Crippen LogP contribution in [0.1, 0.15) is 11.6 Å². The highest BCUT2D eigenvalue weighted by molar-refractivity contribution is 5.81. The van der Waals surface area contributed by atoms with Crippen molar-refractivity contribution in [3.63, 3.8) is 0 Å². The van der Waals surface area contributed by atoms with Gasteiger partial charge in [0.15, 0.2) is 0 Å². The maximum Gasteiger partial charge on any atom is 0.340 e. The summed E-state index contributed by atoms with van der Waals surface area (Å²) >= 11 is 0. The molecule has 1 aromatic carbocycles. The number of carbonyl (C=O) groups is 1. The molecule has 0 aliphatic heterocycles. The number of rotatable bonds is 4. The van der Waals surface area contributed by atoms with Crippen LogP contribution in [0.2, 0.25) is 0 Å². The smallest absolute Gasteiger partial charge is 0.340 e. The quantitative estimate of drug-likeness (QED) is 0.630. The van der Waals surface area contributed by atoms with Crippen molar-refractivity contribution >= 4 is 16.9 Å². The minimum atomic E-state index is -0.393. The maximum absolute atomic E-state index is 12.0. The molecule has 108 valence electrons. The van der Waals surface area contributed by atoms with E-state index in [9.17, 15) is 9.59 Å². The summed E-state index contributed by atoms with van der Waals surface area (Å²) in [5, 5.41) is 8.67. The van der Waals surface area contributed by atoms with Crippen LogP contribution in [0, 0.1) is 6.92 Å². The van der Waals surface area contributed by atoms with E-state index in [4.69, 9.17) is 0 Å². The van der Waals surface area contributed by atoms with Crippen molar-refractivity contribution in [2.24, 2.45) is 0 Å². The van der Waals surface area contributed by atoms with Crippen molar-refractivity contribution in [3.8, 4) is 0 Å². The van der Waals surface area contributed by atoms with Gasteiger partial charge in [0.2, 0.25) is 5.91 Å². The van der Waals surface area contributed by atoms with Gasteiger partial charge in [-0.05, 0) is 19.1 Å². The SMILES string of the molecule is Cc1nc2ccccc2n1CC(=O)NCc1n[nH]c(=O)[nH]1. The molecule has 0 unspecified atom stereocenters. The Bertz CT molecular complexity index is 844. The van der Waals surface area contributed by atoms with Gasteiger partial charge in [-0.15, -0.1) is 0 Å². The van der Waals surface area contributed by atoms with Crippen LogP contribution < -0.4 is 11.0 Å². The molecular formula is C13H14N6O2. The number of para-hydroxylation sites is 2. The molecule has 0 saturated carbocycles. The van der Waals surface area contributed by atoms with Crippen LogP contribution in [-0.2, 0) is 17.9 Å². The zero-order chi connectivity index (χ0) is 14.8. The van der Waals surface area contributed by atoms with Gasteiger partial charge < -0.3 is 9.88 Å². The predicted octanol–water partition coefficient (Wildman–Crippen LogP) is 0.0725. The molecule has 0 atom stereocenters. The predicted molar refractivity (Wildman–Crippen MR) is 75.5 cm³/mol. The molecule has 0 aliphatic carbocycles. The number of aromatic nitrogens is 5. The molecule has 3 N–H and O–H groups in total. The fourth-order valence-electron chi connectivity index (χ4n) is 2.17. The lowest BCUT2D eigenvalue weighted by Gasteiger charge is -2.07. The average Bonchev–Trinajstić information content (AvgIpc) is 3.01. The third-order valence-corrected chi connectivity index (χ3v) is 3.15. The van der Waals surface area contributed by atoms with Gasteiger partial charge in [-0.2, -0.15) is 5.10 Å². The molecule has 1 amide bonds. The number of amides is 1. The van der Waals surface area contributed by atoms with Crippen LogP contribution in [0.15, 0.2) is 29.1 Å². The number of nitrogens with zero attached hydrogens (tertiary/aromatic N) is 3. The molecule has 0 spiro atoms. The Kier molecular flexibility index (Phi) is 3.27. The monoisotopic (exact) mass is 286 g/mol. The van der Waals surface area contributed by atoms with Crippen molar-refractivity contribution < 1.29 is 4.79 Å². The molecule has 0 aliphatic rings. The first-order valence-corrected chi connectivity index (χ1v) is 6.45. The van der Waals surface area contributed by atoms with Crippen molar-refractivity contribution in [1.29, 1.82) is 0 Å². The van der Waals surface area contributed by atoms with Crippen molar-refractivity contribution in [1.82, 2.24) is 30.0 Å². The topological polar surface area (TPSA) is 108 Å². The molecule has 0 bridgehead atoms. The maximum atomic E-state index is 12.0. The molecule has 3 aromatic rings. The summed E-state index contributed by atoms with van der Waals surface area (Å²) in [5.41, 5.74) is 1.38. The minimum Gasteiger partial charge on any atom is -0.347 e. The normalized spacial score (nSPS) is 10.9. The molecular weight excluding hydrogens is 272 g/mol. The Morgan fingerprint density at radius 1 is 1.38 bits per heavy atom. The van der Waals surface area contributed by atoms with E-state index in [0.717, 1.165) is 16.9 Å². The number of aryl methyl sites for hydroxylation is 1. The van der Waals surface area contributed by atoms with Gasteiger partial charge in [0.25, 0.3) is 0 Å². The first kappa shape index (κ1) is 13.1. The van der Waals surface area contributed by atoms with E-state index in [1.807, 2.05) is 35.8 Å². The van der Waals surface area contributed by atoms with Crippen LogP contribution in [0.5, 0.6) is 0 Å². The summed E-state index contributed by atoms with van der Waals surface area (Å²) in [4.78, 5) is 29.8. The second kappa shape index (κ2) is 5.23. The van der Waals surface area contributed by atoms with Gasteiger partial charge >= 0.3 is 5.69 Å². The number of aromatic amines is 2. The van der Waals surface area contributed by atoms with Crippen molar-refractivity contribution in [2.45, 2.75) is 20.0 Å². The Labute approximate surface area is 119 Å². The molecule has 2 aromatic heterocycles. The zero-order valence-corrected chi connectivity index (χ0v) is 11.4. The Morgan fingerprint density at radius 3 is 2.95 bits per heavy atom. The van der Waals surface area contributed by atoms with Crippen molar-refractivity contribution in [2.75, 3.05) is 0 Å². The van der Waals surface area contributed by atoms with E-state index in [1.54, 1.807) is 0 Å². The molecule has 0 radical (unpaired) electrons. The number of hydrogen-bond donors (Lipinski definition) is 3. The van der Waals surface area contributed by atoms with E-state index in [1.165, 1.54) is 0 Å².